The van der Waals surface area contributed by atoms with E-state index in [0.29, 0.717) is 23.8 Å². The summed E-state index contributed by atoms with van der Waals surface area (Å²) < 4.78 is 11.8. The lowest BCUT2D eigenvalue weighted by atomic mass is 10.0. The molecule has 2 fully saturated rings. The zero-order valence-corrected chi connectivity index (χ0v) is 12.4. The Kier molecular flexibility index (Phi) is 3.69. The van der Waals surface area contributed by atoms with Gasteiger partial charge in [0.05, 0.1) is 0 Å². The lowest BCUT2D eigenvalue weighted by Crippen LogP contribution is -2.42. The van der Waals surface area contributed by atoms with Crippen molar-refractivity contribution in [1.82, 2.24) is 10.3 Å². The van der Waals surface area contributed by atoms with Crippen LogP contribution < -0.4 is 14.8 Å². The summed E-state index contributed by atoms with van der Waals surface area (Å²) in [4.78, 5) is 4.47. The van der Waals surface area contributed by atoms with E-state index in [9.17, 15) is 0 Å². The number of rotatable bonds is 4. The van der Waals surface area contributed by atoms with Crippen LogP contribution in [0.1, 0.15) is 25.7 Å². The lowest BCUT2D eigenvalue weighted by molar-refractivity contribution is 0.131. The molecule has 4 heteroatoms. The third kappa shape index (κ3) is 3.07. The van der Waals surface area contributed by atoms with E-state index < -0.39 is 0 Å². The molecule has 0 radical (unpaired) electrons. The summed E-state index contributed by atoms with van der Waals surface area (Å²) in [5, 5.41) is 3.63. The number of hydrogen-bond acceptors (Lipinski definition) is 4. The van der Waals surface area contributed by atoms with Crippen molar-refractivity contribution in [3.63, 3.8) is 0 Å². The molecule has 0 saturated carbocycles. The van der Waals surface area contributed by atoms with Crippen molar-refractivity contribution in [3.05, 3.63) is 48.5 Å². The van der Waals surface area contributed by atoms with Crippen molar-refractivity contribution < 1.29 is 9.47 Å². The number of benzene rings is 1. The zero-order chi connectivity index (χ0) is 14.8. The first-order chi connectivity index (χ1) is 10.8. The van der Waals surface area contributed by atoms with Crippen molar-refractivity contribution in [2.24, 2.45) is 0 Å². The van der Waals surface area contributed by atoms with Crippen molar-refractivity contribution in [2.75, 3.05) is 0 Å². The van der Waals surface area contributed by atoms with Crippen molar-refractivity contribution in [3.8, 4) is 17.5 Å². The number of piperidine rings is 1. The number of nitrogens with one attached hydrogen (secondary N) is 1. The number of para-hydroxylation sites is 1. The molecule has 3 atom stereocenters. The number of ether oxygens (including phenoxy) is 2. The molecule has 2 saturated heterocycles. The van der Waals surface area contributed by atoms with E-state index in [1.807, 2.05) is 48.5 Å². The predicted molar refractivity (Wildman–Crippen MR) is 84.3 cm³/mol. The van der Waals surface area contributed by atoms with Gasteiger partial charge in [0.2, 0.25) is 11.8 Å². The highest BCUT2D eigenvalue weighted by Crippen LogP contribution is 2.30. The monoisotopic (exact) mass is 296 g/mol. The van der Waals surface area contributed by atoms with Crippen LogP contribution in [0.15, 0.2) is 48.5 Å². The minimum Gasteiger partial charge on any atom is -0.474 e. The van der Waals surface area contributed by atoms with E-state index in [-0.39, 0.29) is 6.10 Å². The van der Waals surface area contributed by atoms with Crippen LogP contribution in [-0.2, 0) is 0 Å². The standard InChI is InChI=1S/C18H20N2O2/c1-2-5-15(6-3-1)21-17-7-4-8-18(20-17)22-16-11-13-9-10-14(12-16)19-13/h1-8,13-14,16,19H,9-12H2/t13-,14+,16-. The van der Waals surface area contributed by atoms with Gasteiger partial charge in [-0.2, -0.15) is 4.98 Å². The number of hydrogen-bond donors (Lipinski definition) is 1. The van der Waals surface area contributed by atoms with Gasteiger partial charge in [-0.05, 0) is 37.8 Å². The molecular weight excluding hydrogens is 276 g/mol. The van der Waals surface area contributed by atoms with Crippen LogP contribution in [0.2, 0.25) is 0 Å². The highest BCUT2D eigenvalue weighted by atomic mass is 16.5. The van der Waals surface area contributed by atoms with Gasteiger partial charge >= 0.3 is 0 Å². The number of fused-ring (bicyclic) bond motifs is 2. The molecule has 4 rings (SSSR count). The Hall–Kier alpha value is -2.07. The molecule has 2 bridgehead atoms. The van der Waals surface area contributed by atoms with E-state index in [1.165, 1.54) is 12.8 Å². The van der Waals surface area contributed by atoms with Crippen LogP contribution >= 0.6 is 0 Å². The summed E-state index contributed by atoms with van der Waals surface area (Å²) in [6.07, 6.45) is 4.95. The molecule has 2 aromatic rings. The van der Waals surface area contributed by atoms with Crippen molar-refractivity contribution in [1.29, 1.82) is 0 Å². The molecule has 0 aliphatic carbocycles. The Labute approximate surface area is 130 Å². The summed E-state index contributed by atoms with van der Waals surface area (Å²) in [6, 6.07) is 16.6. The molecule has 0 amide bonds. The Morgan fingerprint density at radius 2 is 1.59 bits per heavy atom. The first kappa shape index (κ1) is 13.6. The zero-order valence-electron chi connectivity index (χ0n) is 12.4. The molecule has 1 aromatic carbocycles. The molecule has 0 spiro atoms. The van der Waals surface area contributed by atoms with Gasteiger partial charge in [-0.25, -0.2) is 0 Å². The number of nitrogens with zero attached hydrogens (tertiary/aromatic N) is 1. The number of pyridine rings is 1. The maximum absolute atomic E-state index is 6.08. The average molecular weight is 296 g/mol. The topological polar surface area (TPSA) is 43.4 Å². The van der Waals surface area contributed by atoms with Crippen LogP contribution in [0.25, 0.3) is 0 Å². The van der Waals surface area contributed by atoms with Crippen LogP contribution in [0.4, 0.5) is 0 Å². The Balaban J connectivity index is 1.43. The van der Waals surface area contributed by atoms with Gasteiger partial charge in [0.1, 0.15) is 11.9 Å². The Morgan fingerprint density at radius 1 is 0.864 bits per heavy atom. The smallest absolute Gasteiger partial charge is 0.222 e. The Bertz CT molecular complexity index is 620. The molecule has 2 aliphatic heterocycles. The van der Waals surface area contributed by atoms with Gasteiger partial charge < -0.3 is 14.8 Å². The van der Waals surface area contributed by atoms with Crippen molar-refractivity contribution in [2.45, 2.75) is 43.9 Å². The van der Waals surface area contributed by atoms with E-state index >= 15 is 0 Å². The number of aromatic nitrogens is 1. The summed E-state index contributed by atoms with van der Waals surface area (Å²) in [7, 11) is 0. The summed E-state index contributed by atoms with van der Waals surface area (Å²) in [5.74, 6) is 2.01. The largest absolute Gasteiger partial charge is 0.474 e. The molecule has 4 nitrogen and oxygen atoms in total. The summed E-state index contributed by atoms with van der Waals surface area (Å²) in [5.41, 5.74) is 0. The molecule has 0 unspecified atom stereocenters. The molecule has 22 heavy (non-hydrogen) atoms. The average Bonchev–Trinajstić information content (AvgIpc) is 2.87. The second kappa shape index (κ2) is 5.97. The maximum atomic E-state index is 6.08. The molecule has 1 aromatic heterocycles. The summed E-state index contributed by atoms with van der Waals surface area (Å²) >= 11 is 0. The summed E-state index contributed by atoms with van der Waals surface area (Å²) in [6.45, 7) is 0. The van der Waals surface area contributed by atoms with E-state index in [2.05, 4.69) is 10.3 Å². The first-order valence-electron chi connectivity index (χ1n) is 7.98. The first-order valence-corrected chi connectivity index (χ1v) is 7.98. The van der Waals surface area contributed by atoms with Gasteiger partial charge in [0.25, 0.3) is 0 Å². The Morgan fingerprint density at radius 3 is 2.36 bits per heavy atom. The normalized spacial score (nSPS) is 26.6. The third-order valence-corrected chi connectivity index (χ3v) is 4.38. The van der Waals surface area contributed by atoms with Gasteiger partial charge in [-0.1, -0.05) is 24.3 Å². The maximum Gasteiger partial charge on any atom is 0.222 e. The van der Waals surface area contributed by atoms with Crippen molar-refractivity contribution >= 4 is 0 Å². The van der Waals surface area contributed by atoms with Gasteiger partial charge in [-0.15, -0.1) is 0 Å². The minimum absolute atomic E-state index is 0.262. The van der Waals surface area contributed by atoms with Gasteiger partial charge in [-0.3, -0.25) is 0 Å². The quantitative estimate of drug-likeness (QED) is 0.937. The van der Waals surface area contributed by atoms with Crippen LogP contribution in [0.5, 0.6) is 17.5 Å². The molecule has 1 N–H and O–H groups in total. The molecule has 2 aliphatic rings. The molecular formula is C18H20N2O2. The highest BCUT2D eigenvalue weighted by molar-refractivity contribution is 5.28. The van der Waals surface area contributed by atoms with Crippen LogP contribution in [0, 0.1) is 0 Å². The lowest BCUT2D eigenvalue weighted by Gasteiger charge is -2.29. The van der Waals surface area contributed by atoms with Crippen LogP contribution in [0.3, 0.4) is 0 Å². The molecule has 114 valence electrons. The van der Waals surface area contributed by atoms with E-state index in [4.69, 9.17) is 9.47 Å². The second-order valence-electron chi connectivity index (χ2n) is 6.08. The predicted octanol–water partition coefficient (Wildman–Crippen LogP) is 3.54. The van der Waals surface area contributed by atoms with E-state index in [0.717, 1.165) is 18.6 Å². The van der Waals surface area contributed by atoms with Crippen LogP contribution in [-0.4, -0.2) is 23.2 Å². The minimum atomic E-state index is 0.262. The third-order valence-electron chi connectivity index (χ3n) is 4.38. The fourth-order valence-electron chi connectivity index (χ4n) is 3.40. The fourth-order valence-corrected chi connectivity index (χ4v) is 3.40. The molecule has 3 heterocycles. The highest BCUT2D eigenvalue weighted by Gasteiger charge is 2.34. The fraction of sp³-hybridized carbons (Fsp3) is 0.389. The SMILES string of the molecule is c1ccc(Oc2cccc(O[C@@H]3C[C@H]4CC[C@@H](C3)N4)n2)cc1. The van der Waals surface area contributed by atoms with Gasteiger partial charge in [0.15, 0.2) is 0 Å². The van der Waals surface area contributed by atoms with Gasteiger partial charge in [0, 0.05) is 24.2 Å². The van der Waals surface area contributed by atoms with E-state index in [1.54, 1.807) is 0 Å². The second-order valence-corrected chi connectivity index (χ2v) is 6.08.